The quantitative estimate of drug-likeness (QED) is 0.658. The Morgan fingerprint density at radius 3 is 2.72 bits per heavy atom. The zero-order valence-electron chi connectivity index (χ0n) is 10.6. The molecular weight excluding hydrogens is 246 g/mol. The van der Waals surface area contributed by atoms with E-state index < -0.39 is 0 Å². The SMILES string of the molecule is CN=C(NCc1ccco1)NCc1ccc(C)s1. The molecule has 4 nitrogen and oxygen atoms in total. The highest BCUT2D eigenvalue weighted by molar-refractivity contribution is 7.11. The lowest BCUT2D eigenvalue weighted by Gasteiger charge is -2.09. The van der Waals surface area contributed by atoms with Crippen LogP contribution in [0.2, 0.25) is 0 Å². The van der Waals surface area contributed by atoms with Crippen LogP contribution in [-0.2, 0) is 13.1 Å². The number of aliphatic imine (C=N–C) groups is 1. The molecule has 5 heteroatoms. The van der Waals surface area contributed by atoms with Gasteiger partial charge in [0.05, 0.1) is 19.4 Å². The van der Waals surface area contributed by atoms with Crippen molar-refractivity contribution in [3.05, 3.63) is 46.0 Å². The van der Waals surface area contributed by atoms with Gasteiger partial charge in [-0.1, -0.05) is 0 Å². The number of guanidine groups is 1. The van der Waals surface area contributed by atoms with Gasteiger partial charge >= 0.3 is 0 Å². The first-order chi connectivity index (χ1) is 8.78. The van der Waals surface area contributed by atoms with Crippen molar-refractivity contribution in [2.45, 2.75) is 20.0 Å². The van der Waals surface area contributed by atoms with Gasteiger partial charge in [-0.3, -0.25) is 4.99 Å². The average molecular weight is 263 g/mol. The predicted octanol–water partition coefficient (Wildman–Crippen LogP) is 2.51. The molecule has 0 unspecified atom stereocenters. The highest BCUT2D eigenvalue weighted by Gasteiger charge is 2.01. The molecule has 2 heterocycles. The Labute approximate surface area is 111 Å². The van der Waals surface area contributed by atoms with E-state index in [9.17, 15) is 0 Å². The predicted molar refractivity (Wildman–Crippen MR) is 74.8 cm³/mol. The molecule has 0 fully saturated rings. The summed E-state index contributed by atoms with van der Waals surface area (Å²) >= 11 is 1.79. The van der Waals surface area contributed by atoms with Gasteiger partial charge in [0.25, 0.3) is 0 Å². The molecule has 18 heavy (non-hydrogen) atoms. The molecule has 2 rings (SSSR count). The highest BCUT2D eigenvalue weighted by Crippen LogP contribution is 2.14. The first-order valence-corrected chi connectivity index (χ1v) is 6.62. The van der Waals surface area contributed by atoms with E-state index in [4.69, 9.17) is 4.42 Å². The molecule has 0 bridgehead atoms. The highest BCUT2D eigenvalue weighted by atomic mass is 32.1. The fourth-order valence-corrected chi connectivity index (χ4v) is 2.39. The lowest BCUT2D eigenvalue weighted by Crippen LogP contribution is -2.36. The van der Waals surface area contributed by atoms with Crippen LogP contribution in [0.25, 0.3) is 0 Å². The van der Waals surface area contributed by atoms with Gasteiger partial charge in [-0.15, -0.1) is 11.3 Å². The van der Waals surface area contributed by atoms with Crippen LogP contribution in [0.1, 0.15) is 15.5 Å². The molecule has 2 N–H and O–H groups in total. The lowest BCUT2D eigenvalue weighted by atomic mass is 10.4. The van der Waals surface area contributed by atoms with E-state index in [-0.39, 0.29) is 0 Å². The van der Waals surface area contributed by atoms with Gasteiger partial charge in [0.15, 0.2) is 5.96 Å². The van der Waals surface area contributed by atoms with Crippen LogP contribution in [0, 0.1) is 6.92 Å². The third kappa shape index (κ3) is 3.63. The van der Waals surface area contributed by atoms with Crippen LogP contribution < -0.4 is 10.6 Å². The van der Waals surface area contributed by atoms with E-state index in [1.165, 1.54) is 9.75 Å². The van der Waals surface area contributed by atoms with Crippen molar-refractivity contribution in [2.24, 2.45) is 4.99 Å². The molecule has 0 aliphatic carbocycles. The molecule has 0 atom stereocenters. The van der Waals surface area contributed by atoms with Gasteiger partial charge in [0.1, 0.15) is 5.76 Å². The Bertz CT molecular complexity index is 502. The smallest absolute Gasteiger partial charge is 0.191 e. The van der Waals surface area contributed by atoms with Crippen LogP contribution in [-0.4, -0.2) is 13.0 Å². The first kappa shape index (κ1) is 12.7. The number of nitrogens with zero attached hydrogens (tertiary/aromatic N) is 1. The van der Waals surface area contributed by atoms with Crippen molar-refractivity contribution < 1.29 is 4.42 Å². The first-order valence-electron chi connectivity index (χ1n) is 5.80. The maximum absolute atomic E-state index is 5.25. The van der Waals surface area contributed by atoms with E-state index in [0.29, 0.717) is 6.54 Å². The number of nitrogens with one attached hydrogen (secondary N) is 2. The number of hydrogen-bond donors (Lipinski definition) is 2. The average Bonchev–Trinajstić information content (AvgIpc) is 3.01. The Morgan fingerprint density at radius 1 is 1.28 bits per heavy atom. The van der Waals surface area contributed by atoms with Crippen LogP contribution >= 0.6 is 11.3 Å². The standard InChI is InChI=1S/C13H17N3OS/c1-10-5-6-12(18-10)9-16-13(14-2)15-8-11-4-3-7-17-11/h3-7H,8-9H2,1-2H3,(H2,14,15,16). The topological polar surface area (TPSA) is 49.6 Å². The largest absolute Gasteiger partial charge is 0.467 e. The Morgan fingerprint density at radius 2 is 2.11 bits per heavy atom. The zero-order valence-corrected chi connectivity index (χ0v) is 11.4. The summed E-state index contributed by atoms with van der Waals surface area (Å²) in [7, 11) is 1.76. The van der Waals surface area contributed by atoms with Gasteiger partial charge in [0.2, 0.25) is 0 Å². The molecule has 2 aromatic heterocycles. The molecule has 0 radical (unpaired) electrons. The summed E-state index contributed by atoms with van der Waals surface area (Å²) in [5.74, 6) is 1.67. The maximum atomic E-state index is 5.25. The van der Waals surface area contributed by atoms with Gasteiger partial charge in [-0.2, -0.15) is 0 Å². The van der Waals surface area contributed by atoms with Crippen LogP contribution in [0.15, 0.2) is 39.9 Å². The minimum atomic E-state index is 0.635. The summed E-state index contributed by atoms with van der Waals surface area (Å²) in [5, 5.41) is 6.47. The second-order valence-electron chi connectivity index (χ2n) is 3.87. The van der Waals surface area contributed by atoms with E-state index >= 15 is 0 Å². The summed E-state index contributed by atoms with van der Waals surface area (Å²) < 4.78 is 5.25. The molecule has 0 aliphatic heterocycles. The van der Waals surface area contributed by atoms with E-state index in [1.807, 2.05) is 12.1 Å². The molecule has 96 valence electrons. The number of hydrogen-bond acceptors (Lipinski definition) is 3. The maximum Gasteiger partial charge on any atom is 0.191 e. The molecule has 0 aliphatic rings. The van der Waals surface area contributed by atoms with Gasteiger partial charge in [-0.25, -0.2) is 0 Å². The van der Waals surface area contributed by atoms with E-state index in [1.54, 1.807) is 24.6 Å². The normalized spacial score (nSPS) is 11.6. The van der Waals surface area contributed by atoms with E-state index in [2.05, 4.69) is 34.7 Å². The van der Waals surface area contributed by atoms with Crippen molar-refractivity contribution in [3.8, 4) is 0 Å². The van der Waals surface area contributed by atoms with Crippen molar-refractivity contribution in [3.63, 3.8) is 0 Å². The third-order valence-electron chi connectivity index (χ3n) is 2.46. The minimum Gasteiger partial charge on any atom is -0.467 e. The molecule has 2 aromatic rings. The fraction of sp³-hybridized carbons (Fsp3) is 0.308. The Hall–Kier alpha value is -1.75. The summed E-state index contributed by atoms with van der Waals surface area (Å²) in [6.07, 6.45) is 1.67. The number of thiophene rings is 1. The number of aryl methyl sites for hydroxylation is 1. The summed E-state index contributed by atoms with van der Waals surface area (Å²) in [6.45, 7) is 3.53. The van der Waals surface area contributed by atoms with Gasteiger partial charge in [-0.05, 0) is 31.2 Å². The van der Waals surface area contributed by atoms with Crippen molar-refractivity contribution in [1.29, 1.82) is 0 Å². The molecule has 0 saturated heterocycles. The van der Waals surface area contributed by atoms with Gasteiger partial charge < -0.3 is 15.1 Å². The molecular formula is C13H17N3OS. The van der Waals surface area contributed by atoms with Crippen LogP contribution in [0.3, 0.4) is 0 Å². The molecule has 0 spiro atoms. The summed E-state index contributed by atoms with van der Waals surface area (Å²) in [5.41, 5.74) is 0. The third-order valence-corrected chi connectivity index (χ3v) is 3.46. The second kappa shape index (κ2) is 6.26. The van der Waals surface area contributed by atoms with Crippen LogP contribution in [0.4, 0.5) is 0 Å². The minimum absolute atomic E-state index is 0.635. The van der Waals surface area contributed by atoms with Gasteiger partial charge in [0, 0.05) is 16.8 Å². The Balaban J connectivity index is 1.79. The number of furan rings is 1. The monoisotopic (exact) mass is 263 g/mol. The summed E-state index contributed by atoms with van der Waals surface area (Å²) in [4.78, 5) is 6.79. The summed E-state index contributed by atoms with van der Waals surface area (Å²) in [6, 6.07) is 8.07. The van der Waals surface area contributed by atoms with Crippen LogP contribution in [0.5, 0.6) is 0 Å². The number of rotatable bonds is 4. The van der Waals surface area contributed by atoms with Crippen molar-refractivity contribution in [1.82, 2.24) is 10.6 Å². The lowest BCUT2D eigenvalue weighted by molar-refractivity contribution is 0.501. The molecule has 0 aromatic carbocycles. The van der Waals surface area contributed by atoms with E-state index in [0.717, 1.165) is 18.3 Å². The molecule has 0 amide bonds. The van der Waals surface area contributed by atoms with Crippen molar-refractivity contribution >= 4 is 17.3 Å². The second-order valence-corrected chi connectivity index (χ2v) is 5.24. The Kier molecular flexibility index (Phi) is 4.41. The zero-order chi connectivity index (χ0) is 12.8. The molecule has 0 saturated carbocycles. The van der Waals surface area contributed by atoms with Crippen molar-refractivity contribution in [2.75, 3.05) is 7.05 Å². The fourth-order valence-electron chi connectivity index (χ4n) is 1.56.